The quantitative estimate of drug-likeness (QED) is 0.620. The number of benzene rings is 1. The van der Waals surface area contributed by atoms with Crippen LogP contribution in [-0.4, -0.2) is 17.8 Å². The number of rotatable bonds is 4. The Morgan fingerprint density at radius 2 is 2.11 bits per heavy atom. The van der Waals surface area contributed by atoms with Crippen LogP contribution in [0.1, 0.15) is 37.6 Å². The summed E-state index contributed by atoms with van der Waals surface area (Å²) in [7, 11) is 0. The highest BCUT2D eigenvalue weighted by Crippen LogP contribution is 2.22. The fourth-order valence-electron chi connectivity index (χ4n) is 1.70. The van der Waals surface area contributed by atoms with Crippen molar-refractivity contribution in [3.05, 3.63) is 33.4 Å². The molecule has 1 N–H and O–H groups in total. The van der Waals surface area contributed by atoms with E-state index in [1.807, 2.05) is 24.3 Å². The average molecular weight is 380 g/mol. The molecule has 0 saturated heterocycles. The van der Waals surface area contributed by atoms with E-state index in [0.29, 0.717) is 11.4 Å². The molecule has 18 heavy (non-hydrogen) atoms. The van der Waals surface area contributed by atoms with Crippen LogP contribution in [-0.2, 0) is 0 Å². The normalized spacial score (nSPS) is 13.2. The number of carbonyl (C=O) groups excluding carboxylic acids is 1. The summed E-state index contributed by atoms with van der Waals surface area (Å²) in [6.45, 7) is 6.33. The molecule has 100 valence electrons. The summed E-state index contributed by atoms with van der Waals surface area (Å²) < 4.78 is 1.06. The summed E-state index contributed by atoms with van der Waals surface area (Å²) in [6, 6.07) is 7.66. The third-order valence-corrected chi connectivity index (χ3v) is 3.72. The largest absolute Gasteiger partial charge is 0.349 e. The van der Waals surface area contributed by atoms with Gasteiger partial charge in [0.05, 0.1) is 0 Å². The smallest absolute Gasteiger partial charge is 0.251 e. The van der Waals surface area contributed by atoms with Gasteiger partial charge < -0.3 is 5.32 Å². The van der Waals surface area contributed by atoms with Crippen molar-refractivity contribution in [3.8, 4) is 0 Å². The van der Waals surface area contributed by atoms with Crippen LogP contribution >= 0.6 is 34.2 Å². The van der Waals surface area contributed by atoms with Crippen LogP contribution in [0.4, 0.5) is 0 Å². The molecule has 0 aliphatic heterocycles. The van der Waals surface area contributed by atoms with Crippen molar-refractivity contribution >= 4 is 40.1 Å². The Kier molecular flexibility index (Phi) is 5.92. The van der Waals surface area contributed by atoms with Crippen molar-refractivity contribution in [1.29, 1.82) is 0 Å². The first-order valence-corrected chi connectivity index (χ1v) is 7.58. The van der Waals surface area contributed by atoms with Crippen LogP contribution in [0.25, 0.3) is 0 Å². The van der Waals surface area contributed by atoms with E-state index in [0.717, 1.165) is 9.99 Å². The molecule has 4 heteroatoms. The van der Waals surface area contributed by atoms with Gasteiger partial charge in [0.2, 0.25) is 0 Å². The van der Waals surface area contributed by atoms with Gasteiger partial charge in [-0.25, -0.2) is 0 Å². The first-order chi connectivity index (χ1) is 8.34. The zero-order valence-electron chi connectivity index (χ0n) is 11.0. The molecule has 0 saturated carbocycles. The Labute approximate surface area is 128 Å². The standard InChI is InChI=1S/C14H19ClINO/c1-14(2,3)12(7-8-15)17-13(18)10-5-4-6-11(16)9-10/h4-6,9,12H,7-8H2,1-3H3,(H,17,18). The van der Waals surface area contributed by atoms with Crippen molar-refractivity contribution < 1.29 is 4.79 Å². The molecular formula is C14H19ClINO. The highest BCUT2D eigenvalue weighted by Gasteiger charge is 2.25. The van der Waals surface area contributed by atoms with E-state index in [-0.39, 0.29) is 17.4 Å². The fourth-order valence-corrected chi connectivity index (χ4v) is 2.46. The zero-order chi connectivity index (χ0) is 13.8. The lowest BCUT2D eigenvalue weighted by atomic mass is 9.85. The van der Waals surface area contributed by atoms with Crippen LogP contribution in [0.15, 0.2) is 24.3 Å². The number of hydrogen-bond donors (Lipinski definition) is 1. The molecule has 1 amide bonds. The van der Waals surface area contributed by atoms with Crippen LogP contribution in [0.5, 0.6) is 0 Å². The van der Waals surface area contributed by atoms with Gasteiger partial charge in [0.1, 0.15) is 0 Å². The molecule has 1 aromatic carbocycles. The van der Waals surface area contributed by atoms with Crippen LogP contribution in [0, 0.1) is 8.99 Å². The van der Waals surface area contributed by atoms with Crippen molar-refractivity contribution in [3.63, 3.8) is 0 Å². The van der Waals surface area contributed by atoms with Gasteiger partial charge in [-0.3, -0.25) is 4.79 Å². The van der Waals surface area contributed by atoms with Gasteiger partial charge in [-0.2, -0.15) is 0 Å². The van der Waals surface area contributed by atoms with E-state index >= 15 is 0 Å². The molecular weight excluding hydrogens is 361 g/mol. The maximum Gasteiger partial charge on any atom is 0.251 e. The molecule has 0 aromatic heterocycles. The highest BCUT2D eigenvalue weighted by atomic mass is 127. The van der Waals surface area contributed by atoms with Crippen LogP contribution < -0.4 is 5.32 Å². The predicted molar refractivity (Wildman–Crippen MR) is 85.2 cm³/mol. The third-order valence-electron chi connectivity index (χ3n) is 2.84. The Hall–Kier alpha value is -0.290. The number of nitrogens with one attached hydrogen (secondary N) is 1. The molecule has 0 spiro atoms. The van der Waals surface area contributed by atoms with Gasteiger partial charge in [-0.1, -0.05) is 26.8 Å². The lowest BCUT2D eigenvalue weighted by Crippen LogP contribution is -2.44. The first-order valence-electron chi connectivity index (χ1n) is 5.97. The molecule has 0 aliphatic carbocycles. The first kappa shape index (κ1) is 15.8. The SMILES string of the molecule is CC(C)(C)C(CCCl)NC(=O)c1cccc(I)c1. The topological polar surface area (TPSA) is 29.1 Å². The summed E-state index contributed by atoms with van der Waals surface area (Å²) in [5, 5.41) is 3.07. The Balaban J connectivity index is 2.79. The van der Waals surface area contributed by atoms with Crippen molar-refractivity contribution in [1.82, 2.24) is 5.32 Å². The van der Waals surface area contributed by atoms with Crippen molar-refractivity contribution in [2.45, 2.75) is 33.2 Å². The molecule has 1 unspecified atom stereocenters. The second-order valence-electron chi connectivity index (χ2n) is 5.38. The zero-order valence-corrected chi connectivity index (χ0v) is 13.9. The van der Waals surface area contributed by atoms with Gasteiger partial charge in [0, 0.05) is 21.1 Å². The third kappa shape index (κ3) is 4.76. The molecule has 0 radical (unpaired) electrons. The van der Waals surface area contributed by atoms with Gasteiger partial charge in [-0.15, -0.1) is 11.6 Å². The van der Waals surface area contributed by atoms with Crippen molar-refractivity contribution in [2.24, 2.45) is 5.41 Å². The second kappa shape index (κ2) is 6.75. The molecule has 0 aliphatic rings. The minimum absolute atomic E-state index is 0.00643. The Morgan fingerprint density at radius 1 is 1.44 bits per heavy atom. The Bertz CT molecular complexity index is 415. The maximum absolute atomic E-state index is 12.2. The van der Waals surface area contributed by atoms with Gasteiger partial charge in [0.25, 0.3) is 5.91 Å². The number of alkyl halides is 1. The van der Waals surface area contributed by atoms with Gasteiger partial charge in [0.15, 0.2) is 0 Å². The van der Waals surface area contributed by atoms with E-state index in [9.17, 15) is 4.79 Å². The number of amides is 1. The molecule has 0 heterocycles. The predicted octanol–water partition coefficient (Wildman–Crippen LogP) is 4.06. The lowest BCUT2D eigenvalue weighted by molar-refractivity contribution is 0.0900. The lowest BCUT2D eigenvalue weighted by Gasteiger charge is -2.31. The van der Waals surface area contributed by atoms with Crippen molar-refractivity contribution in [2.75, 3.05) is 5.88 Å². The average Bonchev–Trinajstić information content (AvgIpc) is 2.27. The van der Waals surface area contributed by atoms with E-state index in [4.69, 9.17) is 11.6 Å². The number of carbonyl (C=O) groups is 1. The van der Waals surface area contributed by atoms with E-state index in [1.165, 1.54) is 0 Å². The molecule has 2 nitrogen and oxygen atoms in total. The minimum Gasteiger partial charge on any atom is -0.349 e. The summed E-state index contributed by atoms with van der Waals surface area (Å²) >= 11 is 8.01. The number of hydrogen-bond acceptors (Lipinski definition) is 1. The summed E-state index contributed by atoms with van der Waals surface area (Å²) in [5.74, 6) is 0.521. The monoisotopic (exact) mass is 379 g/mol. The molecule has 1 rings (SSSR count). The number of halogens is 2. The van der Waals surface area contributed by atoms with Gasteiger partial charge in [-0.05, 0) is 52.6 Å². The second-order valence-corrected chi connectivity index (χ2v) is 7.00. The maximum atomic E-state index is 12.2. The summed E-state index contributed by atoms with van der Waals surface area (Å²) in [5.41, 5.74) is 0.706. The summed E-state index contributed by atoms with van der Waals surface area (Å²) in [6.07, 6.45) is 0.778. The Morgan fingerprint density at radius 3 is 2.61 bits per heavy atom. The summed E-state index contributed by atoms with van der Waals surface area (Å²) in [4.78, 5) is 12.2. The van der Waals surface area contributed by atoms with E-state index < -0.39 is 0 Å². The highest BCUT2D eigenvalue weighted by molar-refractivity contribution is 14.1. The van der Waals surface area contributed by atoms with E-state index in [1.54, 1.807) is 0 Å². The molecule has 1 aromatic rings. The fraction of sp³-hybridized carbons (Fsp3) is 0.500. The van der Waals surface area contributed by atoms with Gasteiger partial charge >= 0.3 is 0 Å². The molecule has 0 fully saturated rings. The van der Waals surface area contributed by atoms with E-state index in [2.05, 4.69) is 48.7 Å². The molecule has 1 atom stereocenters. The minimum atomic E-state index is -0.0291. The van der Waals surface area contributed by atoms with Crippen LogP contribution in [0.3, 0.4) is 0 Å². The van der Waals surface area contributed by atoms with Crippen LogP contribution in [0.2, 0.25) is 0 Å². The molecule has 0 bridgehead atoms.